The van der Waals surface area contributed by atoms with Crippen molar-refractivity contribution in [2.24, 2.45) is 0 Å². The van der Waals surface area contributed by atoms with E-state index in [1.807, 2.05) is 17.0 Å². The molecule has 1 atom stereocenters. The van der Waals surface area contributed by atoms with Gasteiger partial charge in [-0.25, -0.2) is 4.98 Å². The van der Waals surface area contributed by atoms with Crippen molar-refractivity contribution in [3.63, 3.8) is 0 Å². The van der Waals surface area contributed by atoms with E-state index in [0.717, 1.165) is 30.5 Å². The molecule has 0 spiro atoms. The van der Waals surface area contributed by atoms with Gasteiger partial charge in [-0.1, -0.05) is 5.16 Å². The topological polar surface area (TPSA) is 114 Å². The Hall–Kier alpha value is -2.90. The van der Waals surface area contributed by atoms with Crippen molar-refractivity contribution in [3.05, 3.63) is 34.8 Å². The maximum absolute atomic E-state index is 12.9. The van der Waals surface area contributed by atoms with Gasteiger partial charge >= 0.3 is 0 Å². The first-order chi connectivity index (χ1) is 12.0. The molecule has 130 valence electrons. The minimum absolute atomic E-state index is 0.0222. The number of nitrogens with zero attached hydrogens (tertiary/aromatic N) is 4. The summed E-state index contributed by atoms with van der Waals surface area (Å²) >= 11 is 0. The second-order valence-corrected chi connectivity index (χ2v) is 6.53. The van der Waals surface area contributed by atoms with Crippen molar-refractivity contribution in [1.82, 2.24) is 25.2 Å². The van der Waals surface area contributed by atoms with Gasteiger partial charge in [-0.2, -0.15) is 5.10 Å². The Morgan fingerprint density at radius 3 is 3.00 bits per heavy atom. The lowest BCUT2D eigenvalue weighted by Crippen LogP contribution is -2.39. The van der Waals surface area contributed by atoms with Gasteiger partial charge in [0.15, 0.2) is 5.65 Å². The summed E-state index contributed by atoms with van der Waals surface area (Å²) < 4.78 is 5.14. The molecule has 25 heavy (non-hydrogen) atoms. The normalized spacial score (nSPS) is 18.0. The average molecular weight is 340 g/mol. The van der Waals surface area contributed by atoms with Crippen molar-refractivity contribution in [1.29, 1.82) is 0 Å². The van der Waals surface area contributed by atoms with Crippen LogP contribution in [0.1, 0.15) is 46.3 Å². The predicted molar refractivity (Wildman–Crippen MR) is 92.2 cm³/mol. The van der Waals surface area contributed by atoms with Crippen LogP contribution in [-0.2, 0) is 0 Å². The van der Waals surface area contributed by atoms with Crippen LogP contribution in [0.25, 0.3) is 11.0 Å². The molecule has 0 aliphatic carbocycles. The van der Waals surface area contributed by atoms with Gasteiger partial charge in [-0.15, -0.1) is 0 Å². The largest absolute Gasteiger partial charge is 0.384 e. The zero-order valence-electron chi connectivity index (χ0n) is 14.2. The molecule has 0 unspecified atom stereocenters. The second-order valence-electron chi connectivity index (χ2n) is 6.53. The highest BCUT2D eigenvalue weighted by Gasteiger charge is 2.29. The highest BCUT2D eigenvalue weighted by Crippen LogP contribution is 2.29. The summed E-state index contributed by atoms with van der Waals surface area (Å²) in [5.74, 6) is 1.25. The number of aromatic amines is 1. The van der Waals surface area contributed by atoms with E-state index in [9.17, 15) is 4.79 Å². The van der Waals surface area contributed by atoms with Crippen LogP contribution in [0, 0.1) is 13.8 Å². The minimum Gasteiger partial charge on any atom is -0.384 e. The summed E-state index contributed by atoms with van der Waals surface area (Å²) in [4.78, 5) is 19.4. The van der Waals surface area contributed by atoms with Crippen LogP contribution >= 0.6 is 0 Å². The van der Waals surface area contributed by atoms with E-state index in [0.29, 0.717) is 35.0 Å². The van der Waals surface area contributed by atoms with E-state index in [1.165, 1.54) is 0 Å². The van der Waals surface area contributed by atoms with E-state index in [-0.39, 0.29) is 11.8 Å². The monoisotopic (exact) mass is 340 g/mol. The van der Waals surface area contributed by atoms with Crippen LogP contribution in [0.15, 0.2) is 16.7 Å². The lowest BCUT2D eigenvalue weighted by molar-refractivity contribution is 0.0703. The van der Waals surface area contributed by atoms with Gasteiger partial charge in [0.25, 0.3) is 5.91 Å². The number of nitrogens with one attached hydrogen (secondary N) is 1. The van der Waals surface area contributed by atoms with Crippen LogP contribution in [0.2, 0.25) is 0 Å². The zero-order chi connectivity index (χ0) is 17.6. The molecule has 3 aromatic heterocycles. The number of rotatable bonds is 2. The van der Waals surface area contributed by atoms with Crippen LogP contribution in [0.4, 0.5) is 5.82 Å². The molecule has 3 N–H and O–H groups in total. The Bertz CT molecular complexity index is 924. The minimum atomic E-state index is -0.0222. The smallest absolute Gasteiger partial charge is 0.259 e. The summed E-state index contributed by atoms with van der Waals surface area (Å²) in [7, 11) is 0. The standard InChI is InChI=1S/C17H20N6O2/c1-9-14(10(2)25-22-9)17(24)23-7-3-4-11(8-23)13-6-5-12-15(18)20-21-16(12)19-13/h5-6,11H,3-4,7-8H2,1-2H3,(H3,18,19,20,21)/t11-/m0/s1. The number of aryl methyl sites for hydroxylation is 2. The second kappa shape index (κ2) is 5.87. The highest BCUT2D eigenvalue weighted by molar-refractivity contribution is 5.96. The number of H-pyrrole nitrogens is 1. The third-order valence-corrected chi connectivity index (χ3v) is 4.84. The quantitative estimate of drug-likeness (QED) is 0.739. The number of anilines is 1. The van der Waals surface area contributed by atoms with Crippen molar-refractivity contribution >= 4 is 22.8 Å². The van der Waals surface area contributed by atoms with Gasteiger partial charge in [0.2, 0.25) is 0 Å². The first-order valence-electron chi connectivity index (χ1n) is 8.37. The summed E-state index contributed by atoms with van der Waals surface area (Å²) in [6, 6.07) is 3.91. The number of pyridine rings is 1. The number of piperidine rings is 1. The molecule has 1 saturated heterocycles. The summed E-state index contributed by atoms with van der Waals surface area (Å²) in [6.07, 6.45) is 1.92. The van der Waals surface area contributed by atoms with Gasteiger partial charge in [0.1, 0.15) is 17.1 Å². The fourth-order valence-electron chi connectivity index (χ4n) is 3.51. The molecule has 8 heteroatoms. The molecule has 0 saturated carbocycles. The Kier molecular flexibility index (Phi) is 3.67. The number of nitrogens with two attached hydrogens (primary N) is 1. The molecular weight excluding hydrogens is 320 g/mol. The van der Waals surface area contributed by atoms with Crippen LogP contribution in [-0.4, -0.2) is 44.2 Å². The van der Waals surface area contributed by atoms with Gasteiger partial charge in [0, 0.05) is 24.7 Å². The zero-order valence-corrected chi connectivity index (χ0v) is 14.2. The number of fused-ring (bicyclic) bond motifs is 1. The number of hydrogen-bond donors (Lipinski definition) is 2. The molecule has 0 radical (unpaired) electrons. The Morgan fingerprint density at radius 2 is 2.24 bits per heavy atom. The molecule has 8 nitrogen and oxygen atoms in total. The third kappa shape index (κ3) is 2.63. The molecule has 0 bridgehead atoms. The van der Waals surface area contributed by atoms with Gasteiger partial charge in [-0.05, 0) is 38.8 Å². The highest BCUT2D eigenvalue weighted by atomic mass is 16.5. The summed E-state index contributed by atoms with van der Waals surface area (Å²) in [5, 5.41) is 11.6. The number of hydrogen-bond acceptors (Lipinski definition) is 6. The number of carbonyl (C=O) groups excluding carboxylic acids is 1. The summed E-state index contributed by atoms with van der Waals surface area (Å²) in [6.45, 7) is 4.92. The molecular formula is C17H20N6O2. The number of amides is 1. The SMILES string of the molecule is Cc1noc(C)c1C(=O)N1CCC[C@H](c2ccc3c(N)[nH]nc3n2)C1. The maximum Gasteiger partial charge on any atom is 0.259 e. The molecule has 0 aromatic carbocycles. The molecule has 3 aromatic rings. The first-order valence-corrected chi connectivity index (χ1v) is 8.37. The van der Waals surface area contributed by atoms with E-state index < -0.39 is 0 Å². The van der Waals surface area contributed by atoms with Crippen molar-refractivity contribution in [2.45, 2.75) is 32.6 Å². The van der Waals surface area contributed by atoms with Gasteiger partial charge < -0.3 is 15.2 Å². The van der Waals surface area contributed by atoms with Crippen molar-refractivity contribution < 1.29 is 9.32 Å². The van der Waals surface area contributed by atoms with Crippen LogP contribution in [0.5, 0.6) is 0 Å². The fraction of sp³-hybridized carbons (Fsp3) is 0.412. The predicted octanol–water partition coefficient (Wildman–Crippen LogP) is 2.16. The Labute approximate surface area is 144 Å². The van der Waals surface area contributed by atoms with Crippen LogP contribution < -0.4 is 5.73 Å². The summed E-state index contributed by atoms with van der Waals surface area (Å²) in [5.41, 5.74) is 8.59. The van der Waals surface area contributed by atoms with Crippen molar-refractivity contribution in [2.75, 3.05) is 18.8 Å². The van der Waals surface area contributed by atoms with Gasteiger partial charge in [0.05, 0.1) is 11.1 Å². The molecule has 1 aliphatic heterocycles. The molecule has 1 aliphatic rings. The molecule has 1 amide bonds. The van der Waals surface area contributed by atoms with Crippen molar-refractivity contribution in [3.8, 4) is 0 Å². The molecule has 4 rings (SSSR count). The van der Waals surface area contributed by atoms with Crippen LogP contribution in [0.3, 0.4) is 0 Å². The third-order valence-electron chi connectivity index (χ3n) is 4.84. The Balaban J connectivity index is 1.58. The molecule has 1 fully saturated rings. The number of nitrogen functional groups attached to an aromatic ring is 1. The maximum atomic E-state index is 12.9. The lowest BCUT2D eigenvalue weighted by Gasteiger charge is -2.32. The Morgan fingerprint density at radius 1 is 1.40 bits per heavy atom. The van der Waals surface area contributed by atoms with E-state index >= 15 is 0 Å². The van der Waals surface area contributed by atoms with E-state index in [4.69, 9.17) is 10.3 Å². The number of aromatic nitrogens is 4. The average Bonchev–Trinajstić information content (AvgIpc) is 3.16. The number of likely N-dealkylation sites (tertiary alicyclic amines) is 1. The lowest BCUT2D eigenvalue weighted by atomic mass is 9.93. The fourth-order valence-corrected chi connectivity index (χ4v) is 3.51. The molecule has 4 heterocycles. The van der Waals surface area contributed by atoms with E-state index in [1.54, 1.807) is 13.8 Å². The first kappa shape index (κ1) is 15.6. The van der Waals surface area contributed by atoms with Gasteiger partial charge in [-0.3, -0.25) is 9.89 Å². The number of carbonyl (C=O) groups is 1. The van der Waals surface area contributed by atoms with E-state index in [2.05, 4.69) is 20.3 Å².